The van der Waals surface area contributed by atoms with Crippen molar-refractivity contribution in [1.29, 1.82) is 0 Å². The van der Waals surface area contributed by atoms with Gasteiger partial charge >= 0.3 is 0 Å². The molecule has 0 saturated heterocycles. The summed E-state index contributed by atoms with van der Waals surface area (Å²) in [6.45, 7) is 4.47. The van der Waals surface area contributed by atoms with Gasteiger partial charge in [0, 0.05) is 20.1 Å². The first-order chi connectivity index (χ1) is 5.20. The molecule has 0 fully saturated rings. The van der Waals surface area contributed by atoms with E-state index in [1.54, 1.807) is 0 Å². The first-order valence-corrected chi connectivity index (χ1v) is 4.64. The van der Waals surface area contributed by atoms with E-state index in [0.29, 0.717) is 6.04 Å². The Morgan fingerprint density at radius 2 is 1.91 bits per heavy atom. The van der Waals surface area contributed by atoms with Gasteiger partial charge in [0.05, 0.1) is 0 Å². The van der Waals surface area contributed by atoms with Gasteiger partial charge < -0.3 is 0 Å². The van der Waals surface area contributed by atoms with Crippen LogP contribution in [0.5, 0.6) is 0 Å². The molecule has 1 atom stereocenters. The van der Waals surface area contributed by atoms with Crippen molar-refractivity contribution < 1.29 is 0 Å². The van der Waals surface area contributed by atoms with Gasteiger partial charge in [-0.3, -0.25) is 10.4 Å². The summed E-state index contributed by atoms with van der Waals surface area (Å²) in [5.74, 6) is 0. The molecule has 0 heterocycles. The van der Waals surface area contributed by atoms with Crippen molar-refractivity contribution in [1.82, 2.24) is 10.4 Å². The molecule has 0 aliphatic carbocycles. The Labute approximate surface area is 70.9 Å². The second-order valence-electron chi connectivity index (χ2n) is 3.27. The molecule has 0 rings (SSSR count). The van der Waals surface area contributed by atoms with Crippen molar-refractivity contribution in [2.45, 2.75) is 45.6 Å². The van der Waals surface area contributed by atoms with Crippen molar-refractivity contribution in [3.8, 4) is 0 Å². The SMILES string of the molecule is CCCCC(CC)NN(C)C. The molecule has 11 heavy (non-hydrogen) atoms. The van der Waals surface area contributed by atoms with E-state index in [9.17, 15) is 0 Å². The Balaban J connectivity index is 3.41. The van der Waals surface area contributed by atoms with Gasteiger partial charge in [-0.1, -0.05) is 26.7 Å². The van der Waals surface area contributed by atoms with Crippen LogP contribution in [0.1, 0.15) is 39.5 Å². The number of nitrogens with one attached hydrogen (secondary N) is 1. The standard InChI is InChI=1S/C9H22N2/c1-5-7-8-9(6-2)10-11(3)4/h9-10H,5-8H2,1-4H3. The first kappa shape index (κ1) is 10.9. The van der Waals surface area contributed by atoms with E-state index in [-0.39, 0.29) is 0 Å². The van der Waals surface area contributed by atoms with Gasteiger partial charge in [-0.2, -0.15) is 0 Å². The van der Waals surface area contributed by atoms with Gasteiger partial charge in [-0.05, 0) is 12.8 Å². The van der Waals surface area contributed by atoms with Crippen LogP contribution >= 0.6 is 0 Å². The fraction of sp³-hybridized carbons (Fsp3) is 1.00. The van der Waals surface area contributed by atoms with E-state index in [2.05, 4.69) is 33.4 Å². The molecule has 2 heteroatoms. The van der Waals surface area contributed by atoms with Crippen LogP contribution in [0.3, 0.4) is 0 Å². The van der Waals surface area contributed by atoms with Crippen LogP contribution in [0.25, 0.3) is 0 Å². The third-order valence-corrected chi connectivity index (χ3v) is 1.84. The maximum Gasteiger partial charge on any atom is 0.0212 e. The number of rotatable bonds is 6. The predicted molar refractivity (Wildman–Crippen MR) is 50.4 cm³/mol. The minimum atomic E-state index is 0.671. The summed E-state index contributed by atoms with van der Waals surface area (Å²) in [4.78, 5) is 0. The van der Waals surface area contributed by atoms with E-state index in [4.69, 9.17) is 0 Å². The lowest BCUT2D eigenvalue weighted by Gasteiger charge is -2.21. The lowest BCUT2D eigenvalue weighted by Crippen LogP contribution is -2.39. The minimum absolute atomic E-state index is 0.671. The fourth-order valence-electron chi connectivity index (χ4n) is 1.18. The molecule has 0 saturated carbocycles. The highest BCUT2D eigenvalue weighted by Crippen LogP contribution is 2.03. The lowest BCUT2D eigenvalue weighted by atomic mass is 10.1. The molecular formula is C9H22N2. The maximum atomic E-state index is 3.40. The number of nitrogens with zero attached hydrogens (tertiary/aromatic N) is 1. The van der Waals surface area contributed by atoms with E-state index in [0.717, 1.165) is 0 Å². The molecule has 0 bridgehead atoms. The fourth-order valence-corrected chi connectivity index (χ4v) is 1.18. The van der Waals surface area contributed by atoms with Gasteiger partial charge in [-0.25, -0.2) is 0 Å². The Bertz CT molecular complexity index is 81.6. The van der Waals surface area contributed by atoms with Crippen LogP contribution in [-0.4, -0.2) is 25.1 Å². The van der Waals surface area contributed by atoms with Crippen LogP contribution in [0.15, 0.2) is 0 Å². The summed E-state index contributed by atoms with van der Waals surface area (Å²) in [5, 5.41) is 2.05. The quantitative estimate of drug-likeness (QED) is 0.595. The molecule has 1 unspecified atom stereocenters. The molecule has 0 amide bonds. The molecule has 0 spiro atoms. The Morgan fingerprint density at radius 3 is 2.27 bits per heavy atom. The Hall–Kier alpha value is -0.0800. The predicted octanol–water partition coefficient (Wildman–Crippen LogP) is 2.02. The van der Waals surface area contributed by atoms with Gasteiger partial charge in [-0.15, -0.1) is 0 Å². The molecule has 0 aromatic heterocycles. The highest BCUT2D eigenvalue weighted by Gasteiger charge is 2.04. The zero-order valence-corrected chi connectivity index (χ0v) is 8.35. The lowest BCUT2D eigenvalue weighted by molar-refractivity contribution is 0.227. The summed E-state index contributed by atoms with van der Waals surface area (Å²) in [6, 6.07) is 0.671. The van der Waals surface area contributed by atoms with Crippen LogP contribution in [0.4, 0.5) is 0 Å². The summed E-state index contributed by atoms with van der Waals surface area (Å²) in [5.41, 5.74) is 3.40. The largest absolute Gasteiger partial charge is 0.253 e. The summed E-state index contributed by atoms with van der Waals surface area (Å²) >= 11 is 0. The number of hydrogen-bond acceptors (Lipinski definition) is 2. The van der Waals surface area contributed by atoms with Gasteiger partial charge in [0.15, 0.2) is 0 Å². The van der Waals surface area contributed by atoms with Gasteiger partial charge in [0.1, 0.15) is 0 Å². The zero-order chi connectivity index (χ0) is 8.69. The smallest absolute Gasteiger partial charge is 0.0212 e. The molecule has 0 radical (unpaired) electrons. The Kier molecular flexibility index (Phi) is 6.57. The van der Waals surface area contributed by atoms with Crippen molar-refractivity contribution in [3.05, 3.63) is 0 Å². The minimum Gasteiger partial charge on any atom is -0.253 e. The molecule has 1 N–H and O–H groups in total. The summed E-state index contributed by atoms with van der Waals surface area (Å²) in [7, 11) is 4.10. The molecule has 2 nitrogen and oxygen atoms in total. The maximum absolute atomic E-state index is 3.40. The van der Waals surface area contributed by atoms with Gasteiger partial charge in [0.2, 0.25) is 0 Å². The monoisotopic (exact) mass is 158 g/mol. The average Bonchev–Trinajstić information content (AvgIpc) is 1.97. The topological polar surface area (TPSA) is 15.3 Å². The third-order valence-electron chi connectivity index (χ3n) is 1.84. The van der Waals surface area contributed by atoms with Crippen molar-refractivity contribution in [2.24, 2.45) is 0 Å². The number of unbranched alkanes of at least 4 members (excludes halogenated alkanes) is 1. The highest BCUT2D eigenvalue weighted by molar-refractivity contribution is 4.60. The van der Waals surface area contributed by atoms with Crippen LogP contribution in [0.2, 0.25) is 0 Å². The van der Waals surface area contributed by atoms with Crippen LogP contribution < -0.4 is 5.43 Å². The van der Waals surface area contributed by atoms with Crippen LogP contribution in [-0.2, 0) is 0 Å². The van der Waals surface area contributed by atoms with E-state index >= 15 is 0 Å². The average molecular weight is 158 g/mol. The molecular weight excluding hydrogens is 136 g/mol. The van der Waals surface area contributed by atoms with Crippen molar-refractivity contribution >= 4 is 0 Å². The first-order valence-electron chi connectivity index (χ1n) is 4.64. The molecule has 0 aromatic rings. The molecule has 0 aliphatic heterocycles. The van der Waals surface area contributed by atoms with Gasteiger partial charge in [0.25, 0.3) is 0 Å². The molecule has 0 aromatic carbocycles. The second-order valence-corrected chi connectivity index (χ2v) is 3.27. The Morgan fingerprint density at radius 1 is 1.27 bits per heavy atom. The normalized spacial score (nSPS) is 13.9. The third kappa shape index (κ3) is 6.32. The molecule has 0 aliphatic rings. The summed E-state index contributed by atoms with van der Waals surface area (Å²) < 4.78 is 0. The van der Waals surface area contributed by atoms with Crippen LogP contribution in [0, 0.1) is 0 Å². The summed E-state index contributed by atoms with van der Waals surface area (Å²) in [6.07, 6.45) is 5.15. The molecule has 68 valence electrons. The van der Waals surface area contributed by atoms with E-state index < -0.39 is 0 Å². The highest BCUT2D eigenvalue weighted by atomic mass is 15.5. The van der Waals surface area contributed by atoms with E-state index in [1.165, 1.54) is 25.7 Å². The number of hydrazine groups is 1. The number of hydrogen-bond donors (Lipinski definition) is 1. The second kappa shape index (κ2) is 6.62. The van der Waals surface area contributed by atoms with Crippen molar-refractivity contribution in [2.75, 3.05) is 14.1 Å². The zero-order valence-electron chi connectivity index (χ0n) is 8.35. The van der Waals surface area contributed by atoms with Crippen molar-refractivity contribution in [3.63, 3.8) is 0 Å². The van der Waals surface area contributed by atoms with E-state index in [1.807, 2.05) is 5.01 Å².